The molecule has 0 saturated carbocycles. The number of rotatable bonds is 2. The van der Waals surface area contributed by atoms with Crippen LogP contribution in [-0.2, 0) is 0 Å². The average Bonchev–Trinajstić information content (AvgIpc) is 3.19. The van der Waals surface area contributed by atoms with Crippen molar-refractivity contribution >= 4 is 39.1 Å². The van der Waals surface area contributed by atoms with Crippen molar-refractivity contribution in [1.82, 2.24) is 0 Å². The summed E-state index contributed by atoms with van der Waals surface area (Å²) in [4.78, 5) is 0. The zero-order chi connectivity index (χ0) is 16.0. The molecular formula is C19H14FIO2. The van der Waals surface area contributed by atoms with Crippen molar-refractivity contribution in [2.45, 2.75) is 18.9 Å². The van der Waals surface area contributed by atoms with Crippen molar-refractivity contribution in [2.24, 2.45) is 0 Å². The zero-order valence-corrected chi connectivity index (χ0v) is 14.4. The number of fused-ring (bicyclic) bond motifs is 1. The molecule has 4 heteroatoms. The normalized spacial score (nSPS) is 20.7. The lowest BCUT2D eigenvalue weighted by molar-refractivity contribution is 0.225. The molecule has 1 N–H and O–H groups in total. The highest BCUT2D eigenvalue weighted by atomic mass is 127. The van der Waals surface area contributed by atoms with E-state index in [1.165, 1.54) is 11.6 Å². The number of hydrogen-bond acceptors (Lipinski definition) is 2. The van der Waals surface area contributed by atoms with Crippen molar-refractivity contribution in [1.29, 1.82) is 0 Å². The Morgan fingerprint density at radius 1 is 1.22 bits per heavy atom. The van der Waals surface area contributed by atoms with Gasteiger partial charge in [-0.2, -0.15) is 0 Å². The second kappa shape index (κ2) is 5.76. The summed E-state index contributed by atoms with van der Waals surface area (Å²) in [5, 5.41) is 10.0. The minimum absolute atomic E-state index is 0.255. The Labute approximate surface area is 146 Å². The van der Waals surface area contributed by atoms with Crippen LogP contribution in [-0.4, -0.2) is 11.2 Å². The summed E-state index contributed by atoms with van der Waals surface area (Å²) in [5.74, 6) is 0.462. The Bertz CT molecular complexity index is 876. The van der Waals surface area contributed by atoms with Crippen LogP contribution in [0.2, 0.25) is 0 Å². The van der Waals surface area contributed by atoms with Gasteiger partial charge < -0.3 is 9.52 Å². The fourth-order valence-electron chi connectivity index (χ4n) is 2.95. The Morgan fingerprint density at radius 2 is 2.04 bits per heavy atom. The molecule has 4 rings (SSSR count). The summed E-state index contributed by atoms with van der Waals surface area (Å²) in [6, 6.07) is 4.98. The molecule has 0 radical (unpaired) electrons. The molecule has 0 amide bonds. The van der Waals surface area contributed by atoms with E-state index in [0.717, 1.165) is 26.9 Å². The summed E-state index contributed by atoms with van der Waals surface area (Å²) < 4.78 is 20.7. The van der Waals surface area contributed by atoms with Crippen molar-refractivity contribution in [2.75, 3.05) is 0 Å². The highest BCUT2D eigenvalue weighted by Gasteiger charge is 2.19. The van der Waals surface area contributed by atoms with E-state index in [1.807, 2.05) is 18.2 Å². The number of benzene rings is 1. The van der Waals surface area contributed by atoms with Gasteiger partial charge >= 0.3 is 0 Å². The van der Waals surface area contributed by atoms with Gasteiger partial charge in [0.15, 0.2) is 5.58 Å². The lowest BCUT2D eigenvalue weighted by Crippen LogP contribution is -2.04. The zero-order valence-electron chi connectivity index (χ0n) is 12.2. The molecule has 116 valence electrons. The Balaban J connectivity index is 1.61. The molecule has 1 aromatic carbocycles. The van der Waals surface area contributed by atoms with E-state index in [-0.39, 0.29) is 11.9 Å². The molecule has 0 saturated heterocycles. The van der Waals surface area contributed by atoms with Gasteiger partial charge in [-0.1, -0.05) is 30.4 Å². The van der Waals surface area contributed by atoms with Crippen LogP contribution < -0.4 is 0 Å². The molecule has 1 aromatic heterocycles. The second-order valence-electron chi connectivity index (χ2n) is 5.76. The minimum atomic E-state index is -0.381. The molecule has 0 spiro atoms. The van der Waals surface area contributed by atoms with E-state index in [2.05, 4.69) is 34.7 Å². The van der Waals surface area contributed by atoms with Crippen LogP contribution in [0.15, 0.2) is 64.1 Å². The van der Waals surface area contributed by atoms with Crippen LogP contribution in [0.1, 0.15) is 18.6 Å². The largest absolute Gasteiger partial charge is 0.455 e. The quantitative estimate of drug-likeness (QED) is 0.683. The van der Waals surface area contributed by atoms with Gasteiger partial charge in [0.25, 0.3) is 0 Å². The SMILES string of the molecule is OC1C=CC(C2=CC=C(c3cc4c(F)ccc(I)c4o3)C2)=CC1. The van der Waals surface area contributed by atoms with Crippen LogP contribution in [0.5, 0.6) is 0 Å². The van der Waals surface area contributed by atoms with Gasteiger partial charge in [0.05, 0.1) is 15.1 Å². The molecule has 2 nitrogen and oxygen atoms in total. The molecule has 0 bridgehead atoms. The van der Waals surface area contributed by atoms with Crippen LogP contribution in [0.4, 0.5) is 4.39 Å². The molecule has 2 aromatic rings. The fourth-order valence-corrected chi connectivity index (χ4v) is 3.54. The Hall–Kier alpha value is -1.66. The van der Waals surface area contributed by atoms with Gasteiger partial charge in [-0.05, 0) is 63.9 Å². The van der Waals surface area contributed by atoms with Gasteiger partial charge in [-0.3, -0.25) is 0 Å². The molecule has 2 aliphatic rings. The summed E-state index contributed by atoms with van der Waals surface area (Å²) in [6.45, 7) is 0. The predicted molar refractivity (Wildman–Crippen MR) is 97.4 cm³/mol. The Morgan fingerprint density at radius 3 is 2.78 bits per heavy atom. The van der Waals surface area contributed by atoms with E-state index in [0.29, 0.717) is 17.4 Å². The topological polar surface area (TPSA) is 33.4 Å². The molecule has 2 aliphatic carbocycles. The van der Waals surface area contributed by atoms with Crippen molar-refractivity contribution in [3.05, 3.63) is 74.9 Å². The first kappa shape index (κ1) is 14.9. The molecular weight excluding hydrogens is 406 g/mol. The summed E-state index contributed by atoms with van der Waals surface area (Å²) in [5.41, 5.74) is 3.99. The van der Waals surface area contributed by atoms with Gasteiger partial charge in [-0.15, -0.1) is 0 Å². The van der Waals surface area contributed by atoms with Gasteiger partial charge in [-0.25, -0.2) is 4.39 Å². The average molecular weight is 420 g/mol. The minimum Gasteiger partial charge on any atom is -0.455 e. The monoisotopic (exact) mass is 420 g/mol. The number of aliphatic hydroxyl groups excluding tert-OH is 1. The van der Waals surface area contributed by atoms with Gasteiger partial charge in [0.2, 0.25) is 0 Å². The maximum Gasteiger partial charge on any atom is 0.151 e. The maximum atomic E-state index is 13.9. The third-order valence-electron chi connectivity index (χ3n) is 4.21. The van der Waals surface area contributed by atoms with Crippen molar-refractivity contribution < 1.29 is 13.9 Å². The van der Waals surface area contributed by atoms with Gasteiger partial charge in [0.1, 0.15) is 11.6 Å². The fraction of sp³-hybridized carbons (Fsp3) is 0.158. The predicted octanol–water partition coefficient (Wildman–Crippen LogP) is 5.14. The Kier molecular flexibility index (Phi) is 3.73. The lowest BCUT2D eigenvalue weighted by Gasteiger charge is -2.12. The van der Waals surface area contributed by atoms with Crippen molar-refractivity contribution in [3.8, 4) is 0 Å². The first-order chi connectivity index (χ1) is 11.1. The first-order valence-electron chi connectivity index (χ1n) is 7.46. The summed E-state index contributed by atoms with van der Waals surface area (Å²) >= 11 is 2.16. The standard InChI is InChI=1S/C19H14FIO2/c20-16-7-8-17(21)19-15(16)10-18(23-19)13-2-1-12(9-13)11-3-5-14(22)6-4-11/h1-5,7-8,10,14,22H,6,9H2. The molecule has 23 heavy (non-hydrogen) atoms. The molecule has 1 atom stereocenters. The van der Waals surface area contributed by atoms with Gasteiger partial charge in [0, 0.05) is 6.42 Å². The smallest absolute Gasteiger partial charge is 0.151 e. The highest BCUT2D eigenvalue weighted by molar-refractivity contribution is 14.1. The van der Waals surface area contributed by atoms with E-state index in [4.69, 9.17) is 4.42 Å². The van der Waals surface area contributed by atoms with Crippen LogP contribution in [0.3, 0.4) is 0 Å². The van der Waals surface area contributed by atoms with Crippen molar-refractivity contribution in [3.63, 3.8) is 0 Å². The number of allylic oxidation sites excluding steroid dienone is 6. The number of halogens is 2. The molecule has 0 fully saturated rings. The van der Waals surface area contributed by atoms with E-state index in [1.54, 1.807) is 12.1 Å². The number of furan rings is 1. The summed E-state index contributed by atoms with van der Waals surface area (Å²) in [7, 11) is 0. The maximum absolute atomic E-state index is 13.9. The number of hydrogen-bond donors (Lipinski definition) is 1. The van der Waals surface area contributed by atoms with E-state index >= 15 is 0 Å². The second-order valence-corrected chi connectivity index (χ2v) is 6.93. The molecule has 0 aliphatic heterocycles. The van der Waals surface area contributed by atoms with Crippen LogP contribution >= 0.6 is 22.6 Å². The number of aliphatic hydroxyl groups is 1. The lowest BCUT2D eigenvalue weighted by atomic mass is 9.96. The third kappa shape index (κ3) is 2.70. The van der Waals surface area contributed by atoms with E-state index in [9.17, 15) is 9.50 Å². The molecule has 1 unspecified atom stereocenters. The third-order valence-corrected chi connectivity index (χ3v) is 5.06. The first-order valence-corrected chi connectivity index (χ1v) is 8.54. The highest BCUT2D eigenvalue weighted by Crippen LogP contribution is 2.37. The van der Waals surface area contributed by atoms with E-state index < -0.39 is 0 Å². The van der Waals surface area contributed by atoms with Crippen LogP contribution in [0.25, 0.3) is 16.5 Å². The van der Waals surface area contributed by atoms with Crippen LogP contribution in [0, 0.1) is 9.39 Å². The summed E-state index contributed by atoms with van der Waals surface area (Å²) in [6.07, 6.45) is 10.9. The molecule has 1 heterocycles.